The molecule has 2 amide bonds. The van der Waals surface area contributed by atoms with Crippen molar-refractivity contribution >= 4 is 23.3 Å². The van der Waals surface area contributed by atoms with E-state index >= 15 is 0 Å². The fraction of sp³-hybridized carbons (Fsp3) is 0.357. The van der Waals surface area contributed by atoms with Crippen LogP contribution >= 0.6 is 0 Å². The smallest absolute Gasteiger partial charge is 0.269 e. The molecule has 7 heteroatoms. The Balaban J connectivity index is 1.95. The molecule has 7 nitrogen and oxygen atoms in total. The zero-order valence-electron chi connectivity index (χ0n) is 11.2. The fourth-order valence-corrected chi connectivity index (χ4v) is 2.29. The number of ketones is 1. The maximum Gasteiger partial charge on any atom is 0.269 e. The van der Waals surface area contributed by atoms with Crippen molar-refractivity contribution < 1.29 is 19.3 Å². The second-order valence-corrected chi connectivity index (χ2v) is 4.99. The van der Waals surface area contributed by atoms with Gasteiger partial charge >= 0.3 is 0 Å². The third kappa shape index (κ3) is 3.95. The van der Waals surface area contributed by atoms with Crippen molar-refractivity contribution in [3.8, 4) is 0 Å². The maximum absolute atomic E-state index is 12.0. The van der Waals surface area contributed by atoms with Gasteiger partial charge in [-0.05, 0) is 12.0 Å². The Kier molecular flexibility index (Phi) is 4.42. The first-order chi connectivity index (χ1) is 9.95. The summed E-state index contributed by atoms with van der Waals surface area (Å²) < 4.78 is 0. The van der Waals surface area contributed by atoms with Gasteiger partial charge in [0.1, 0.15) is 5.78 Å². The van der Waals surface area contributed by atoms with Gasteiger partial charge in [-0.1, -0.05) is 12.1 Å². The number of nitro groups is 1. The molecule has 110 valence electrons. The highest BCUT2D eigenvalue weighted by Gasteiger charge is 2.28. The summed E-state index contributed by atoms with van der Waals surface area (Å²) in [7, 11) is 0. The minimum absolute atomic E-state index is 0.0411. The van der Waals surface area contributed by atoms with Crippen LogP contribution in [0.25, 0.3) is 0 Å². The van der Waals surface area contributed by atoms with E-state index in [1.165, 1.54) is 18.2 Å². The molecule has 1 aromatic rings. The molecule has 0 saturated carbocycles. The van der Waals surface area contributed by atoms with Gasteiger partial charge in [-0.2, -0.15) is 0 Å². The summed E-state index contributed by atoms with van der Waals surface area (Å²) in [6.07, 6.45) is 0.688. The van der Waals surface area contributed by atoms with Gasteiger partial charge in [0.2, 0.25) is 11.8 Å². The summed E-state index contributed by atoms with van der Waals surface area (Å²) in [6.45, 7) is 0. The van der Waals surface area contributed by atoms with E-state index in [1.807, 2.05) is 0 Å². The lowest BCUT2D eigenvalue weighted by Crippen LogP contribution is -2.41. The molecule has 1 heterocycles. The van der Waals surface area contributed by atoms with E-state index in [1.54, 1.807) is 6.07 Å². The molecular weight excluding hydrogens is 276 g/mol. The van der Waals surface area contributed by atoms with E-state index in [-0.39, 0.29) is 36.6 Å². The number of amides is 2. The van der Waals surface area contributed by atoms with Crippen molar-refractivity contribution in [2.75, 3.05) is 0 Å². The molecule has 1 N–H and O–H groups in total. The second kappa shape index (κ2) is 6.25. The van der Waals surface area contributed by atoms with Crippen LogP contribution in [0.4, 0.5) is 5.69 Å². The average Bonchev–Trinajstić information content (AvgIpc) is 2.42. The monoisotopic (exact) mass is 290 g/mol. The normalized spacial score (nSPS) is 18.2. The zero-order chi connectivity index (χ0) is 15.4. The van der Waals surface area contributed by atoms with E-state index in [2.05, 4.69) is 5.32 Å². The van der Waals surface area contributed by atoms with Crippen molar-refractivity contribution in [2.45, 2.75) is 25.7 Å². The molecule has 0 radical (unpaired) electrons. The summed E-state index contributed by atoms with van der Waals surface area (Å²) in [5.41, 5.74) is 0.475. The van der Waals surface area contributed by atoms with E-state index in [4.69, 9.17) is 0 Å². The van der Waals surface area contributed by atoms with Gasteiger partial charge in [0, 0.05) is 37.3 Å². The first-order valence-corrected chi connectivity index (χ1v) is 6.54. The lowest BCUT2D eigenvalue weighted by Gasteiger charge is -2.19. The second-order valence-electron chi connectivity index (χ2n) is 4.99. The lowest BCUT2D eigenvalue weighted by atomic mass is 9.91. The van der Waals surface area contributed by atoms with Gasteiger partial charge in [0.05, 0.1) is 4.92 Å². The van der Waals surface area contributed by atoms with Gasteiger partial charge in [-0.3, -0.25) is 29.8 Å². The molecule has 1 aliphatic rings. The largest absolute Gasteiger partial charge is 0.299 e. The summed E-state index contributed by atoms with van der Waals surface area (Å²) >= 11 is 0. The molecule has 1 aliphatic heterocycles. The summed E-state index contributed by atoms with van der Waals surface area (Å²) in [6, 6.07) is 5.86. The first-order valence-electron chi connectivity index (χ1n) is 6.54. The molecule has 1 aromatic carbocycles. The molecule has 1 unspecified atom stereocenters. The molecule has 0 spiro atoms. The van der Waals surface area contributed by atoms with Crippen LogP contribution in [0.15, 0.2) is 24.3 Å². The Morgan fingerprint density at radius 1 is 1.38 bits per heavy atom. The van der Waals surface area contributed by atoms with Crippen molar-refractivity contribution in [1.82, 2.24) is 5.32 Å². The molecule has 0 aromatic heterocycles. The van der Waals surface area contributed by atoms with Crippen LogP contribution in [0.1, 0.15) is 24.8 Å². The maximum atomic E-state index is 12.0. The first kappa shape index (κ1) is 14.8. The highest BCUT2D eigenvalue weighted by atomic mass is 16.6. The van der Waals surface area contributed by atoms with Crippen LogP contribution in [-0.4, -0.2) is 22.5 Å². The van der Waals surface area contributed by atoms with Crippen LogP contribution < -0.4 is 5.32 Å². The summed E-state index contributed by atoms with van der Waals surface area (Å²) in [4.78, 5) is 44.7. The quantitative estimate of drug-likeness (QED) is 0.497. The van der Waals surface area contributed by atoms with Crippen LogP contribution in [0.3, 0.4) is 0 Å². The van der Waals surface area contributed by atoms with Gasteiger partial charge in [0.15, 0.2) is 0 Å². The Hall–Kier alpha value is -2.57. The van der Waals surface area contributed by atoms with Gasteiger partial charge < -0.3 is 0 Å². The molecule has 2 rings (SSSR count). The van der Waals surface area contributed by atoms with Crippen LogP contribution in [-0.2, 0) is 20.8 Å². The third-order valence-electron chi connectivity index (χ3n) is 3.35. The number of hydrogen-bond acceptors (Lipinski definition) is 5. The number of nitro benzene ring substituents is 1. The molecule has 0 bridgehead atoms. The van der Waals surface area contributed by atoms with Crippen molar-refractivity contribution in [1.29, 1.82) is 0 Å². The van der Waals surface area contributed by atoms with E-state index in [0.29, 0.717) is 12.0 Å². The van der Waals surface area contributed by atoms with Gasteiger partial charge in [-0.15, -0.1) is 0 Å². The molecule has 1 atom stereocenters. The molecule has 1 saturated heterocycles. The zero-order valence-corrected chi connectivity index (χ0v) is 11.2. The predicted octanol–water partition coefficient (Wildman–Crippen LogP) is 1.15. The number of rotatable bonds is 5. The van der Waals surface area contributed by atoms with Crippen LogP contribution in [0, 0.1) is 16.0 Å². The Bertz CT molecular complexity index is 611. The van der Waals surface area contributed by atoms with Gasteiger partial charge in [-0.25, -0.2) is 0 Å². The van der Waals surface area contributed by atoms with E-state index in [0.717, 1.165) is 0 Å². The van der Waals surface area contributed by atoms with E-state index < -0.39 is 16.7 Å². The Labute approximate surface area is 120 Å². The molecule has 21 heavy (non-hydrogen) atoms. The standard InChI is InChI=1S/C14H14N2O5/c17-12(8-10-4-5-13(18)15-14(10)19)7-9-2-1-3-11(6-9)16(20)21/h1-3,6,10H,4-5,7-8H2,(H,15,18,19). The number of imide groups is 1. The van der Waals surface area contributed by atoms with Gasteiger partial charge in [0.25, 0.3) is 5.69 Å². The summed E-state index contributed by atoms with van der Waals surface area (Å²) in [5, 5.41) is 12.9. The fourth-order valence-electron chi connectivity index (χ4n) is 2.29. The average molecular weight is 290 g/mol. The predicted molar refractivity (Wildman–Crippen MR) is 72.3 cm³/mol. The number of non-ortho nitro benzene ring substituents is 1. The number of Topliss-reactive ketones (excluding diaryl/α,β-unsaturated/α-hetero) is 1. The Morgan fingerprint density at radius 2 is 2.14 bits per heavy atom. The lowest BCUT2D eigenvalue weighted by molar-refractivity contribution is -0.384. The van der Waals surface area contributed by atoms with Crippen LogP contribution in [0.2, 0.25) is 0 Å². The van der Waals surface area contributed by atoms with E-state index in [9.17, 15) is 24.5 Å². The molecule has 0 aliphatic carbocycles. The molecule has 1 fully saturated rings. The van der Waals surface area contributed by atoms with Crippen molar-refractivity contribution in [3.05, 3.63) is 39.9 Å². The number of nitrogens with one attached hydrogen (secondary N) is 1. The number of carbonyl (C=O) groups is 3. The number of nitrogens with zero attached hydrogens (tertiary/aromatic N) is 1. The van der Waals surface area contributed by atoms with Crippen LogP contribution in [0.5, 0.6) is 0 Å². The highest BCUT2D eigenvalue weighted by Crippen LogP contribution is 2.19. The number of carbonyl (C=O) groups excluding carboxylic acids is 3. The Morgan fingerprint density at radius 3 is 2.81 bits per heavy atom. The SMILES string of the molecule is O=C(Cc1cccc([N+](=O)[O-])c1)CC1CCC(=O)NC1=O. The minimum Gasteiger partial charge on any atom is -0.299 e. The number of piperidine rings is 1. The van der Waals surface area contributed by atoms with Crippen molar-refractivity contribution in [2.24, 2.45) is 5.92 Å². The third-order valence-corrected chi connectivity index (χ3v) is 3.35. The molecular formula is C14H14N2O5. The van der Waals surface area contributed by atoms with Crippen molar-refractivity contribution in [3.63, 3.8) is 0 Å². The minimum atomic E-state index is -0.520. The topological polar surface area (TPSA) is 106 Å². The number of hydrogen-bond donors (Lipinski definition) is 1. The highest BCUT2D eigenvalue weighted by molar-refractivity contribution is 6.00. The number of benzene rings is 1. The summed E-state index contributed by atoms with van der Waals surface area (Å²) in [5.74, 6) is -1.40.